The van der Waals surface area contributed by atoms with E-state index in [0.717, 1.165) is 0 Å². The number of aliphatic hydroxyl groups is 1. The van der Waals surface area contributed by atoms with Crippen molar-refractivity contribution in [3.8, 4) is 0 Å². The molecular formula is C11H19N3O3. The number of ether oxygens (including phenoxy) is 1. The molecule has 5 N–H and O–H groups in total. The third-order valence-electron chi connectivity index (χ3n) is 2.42. The van der Waals surface area contributed by atoms with Crippen LogP contribution in [0, 0.1) is 0 Å². The highest BCUT2D eigenvalue weighted by atomic mass is 16.5. The van der Waals surface area contributed by atoms with E-state index in [1.807, 2.05) is 0 Å². The van der Waals surface area contributed by atoms with Crippen molar-refractivity contribution in [1.82, 2.24) is 10.3 Å². The van der Waals surface area contributed by atoms with Gasteiger partial charge in [-0.15, -0.1) is 0 Å². The zero-order valence-electron chi connectivity index (χ0n) is 10.1. The van der Waals surface area contributed by atoms with Crippen LogP contribution < -0.4 is 11.1 Å². The molecule has 1 unspecified atom stereocenters. The first kappa shape index (κ1) is 13.5. The number of nitrogens with two attached hydrogens (primary N) is 1. The number of hydrogen-bond acceptors (Lipinski definition) is 4. The summed E-state index contributed by atoms with van der Waals surface area (Å²) in [5.41, 5.74) is 5.39. The molecule has 1 aromatic rings. The van der Waals surface area contributed by atoms with Crippen molar-refractivity contribution in [3.63, 3.8) is 0 Å². The van der Waals surface area contributed by atoms with Gasteiger partial charge in [-0.1, -0.05) is 0 Å². The van der Waals surface area contributed by atoms with Crippen LogP contribution in [0.4, 0.5) is 5.69 Å². The average Bonchev–Trinajstić information content (AvgIpc) is 2.70. The van der Waals surface area contributed by atoms with Gasteiger partial charge in [0.2, 0.25) is 0 Å². The molecule has 0 saturated carbocycles. The standard InChI is InChI=1S/C11H19N3O3/c1-11(16,3-4-17-2)7-14-10(15)9-5-8(12)6-13-9/h5-6,13,16H,3-4,7,12H2,1-2H3,(H,14,15). The molecule has 0 aliphatic rings. The minimum absolute atomic E-state index is 0.161. The number of aromatic amines is 1. The zero-order valence-corrected chi connectivity index (χ0v) is 10.1. The van der Waals surface area contributed by atoms with Crippen LogP contribution >= 0.6 is 0 Å². The summed E-state index contributed by atoms with van der Waals surface area (Å²) in [5, 5.41) is 12.5. The summed E-state index contributed by atoms with van der Waals surface area (Å²) >= 11 is 0. The van der Waals surface area contributed by atoms with Crippen LogP contribution in [-0.2, 0) is 4.74 Å². The van der Waals surface area contributed by atoms with Crippen molar-refractivity contribution in [3.05, 3.63) is 18.0 Å². The Morgan fingerprint density at radius 3 is 2.94 bits per heavy atom. The lowest BCUT2D eigenvalue weighted by molar-refractivity contribution is 0.0243. The molecule has 1 rings (SSSR count). The lowest BCUT2D eigenvalue weighted by atomic mass is 10.0. The van der Waals surface area contributed by atoms with Crippen LogP contribution in [0.1, 0.15) is 23.8 Å². The number of hydrogen-bond donors (Lipinski definition) is 4. The smallest absolute Gasteiger partial charge is 0.267 e. The summed E-state index contributed by atoms with van der Waals surface area (Å²) in [6.07, 6.45) is 1.99. The maximum absolute atomic E-state index is 11.6. The quantitative estimate of drug-likeness (QED) is 0.568. The summed E-state index contributed by atoms with van der Waals surface area (Å²) in [6, 6.07) is 1.54. The van der Waals surface area contributed by atoms with Crippen molar-refractivity contribution >= 4 is 11.6 Å². The average molecular weight is 241 g/mol. The zero-order chi connectivity index (χ0) is 12.9. The van der Waals surface area contributed by atoms with E-state index in [1.54, 1.807) is 20.1 Å². The molecule has 0 radical (unpaired) electrons. The Hall–Kier alpha value is -1.53. The molecule has 1 heterocycles. The maximum Gasteiger partial charge on any atom is 0.267 e. The van der Waals surface area contributed by atoms with Crippen molar-refractivity contribution in [2.45, 2.75) is 18.9 Å². The van der Waals surface area contributed by atoms with Gasteiger partial charge in [-0.05, 0) is 13.0 Å². The number of amides is 1. The van der Waals surface area contributed by atoms with E-state index in [9.17, 15) is 9.90 Å². The Labute approximate surface area is 100 Å². The van der Waals surface area contributed by atoms with Gasteiger partial charge >= 0.3 is 0 Å². The lowest BCUT2D eigenvalue weighted by Crippen LogP contribution is -2.41. The van der Waals surface area contributed by atoms with Gasteiger partial charge in [-0.25, -0.2) is 0 Å². The van der Waals surface area contributed by atoms with Gasteiger partial charge in [0.25, 0.3) is 5.91 Å². The Bertz CT molecular complexity index is 374. The fourth-order valence-corrected chi connectivity index (χ4v) is 1.32. The van der Waals surface area contributed by atoms with E-state index in [0.29, 0.717) is 24.4 Å². The van der Waals surface area contributed by atoms with Crippen LogP contribution in [0.5, 0.6) is 0 Å². The Kier molecular flexibility index (Phi) is 4.53. The molecule has 6 nitrogen and oxygen atoms in total. The van der Waals surface area contributed by atoms with Gasteiger partial charge in [0, 0.05) is 38.6 Å². The summed E-state index contributed by atoms with van der Waals surface area (Å²) in [4.78, 5) is 14.4. The minimum Gasteiger partial charge on any atom is -0.397 e. The third-order valence-corrected chi connectivity index (χ3v) is 2.42. The first-order valence-corrected chi connectivity index (χ1v) is 5.38. The van der Waals surface area contributed by atoms with Gasteiger partial charge < -0.3 is 25.9 Å². The molecule has 1 amide bonds. The predicted octanol–water partition coefficient (Wildman–Crippen LogP) is 0.114. The van der Waals surface area contributed by atoms with Gasteiger partial charge in [-0.3, -0.25) is 4.79 Å². The van der Waals surface area contributed by atoms with E-state index in [4.69, 9.17) is 10.5 Å². The number of methoxy groups -OCH3 is 1. The van der Waals surface area contributed by atoms with Crippen molar-refractivity contribution in [1.29, 1.82) is 0 Å². The first-order valence-electron chi connectivity index (χ1n) is 5.38. The number of nitrogens with one attached hydrogen (secondary N) is 2. The highest BCUT2D eigenvalue weighted by molar-refractivity contribution is 5.93. The highest BCUT2D eigenvalue weighted by Gasteiger charge is 2.21. The van der Waals surface area contributed by atoms with E-state index in [2.05, 4.69) is 10.3 Å². The normalized spacial score (nSPS) is 14.3. The van der Waals surface area contributed by atoms with E-state index >= 15 is 0 Å². The largest absolute Gasteiger partial charge is 0.397 e. The van der Waals surface area contributed by atoms with Gasteiger partial charge in [0.1, 0.15) is 5.69 Å². The second-order valence-electron chi connectivity index (χ2n) is 4.27. The van der Waals surface area contributed by atoms with Gasteiger partial charge in [-0.2, -0.15) is 0 Å². The van der Waals surface area contributed by atoms with Crippen LogP contribution in [0.2, 0.25) is 0 Å². The van der Waals surface area contributed by atoms with Crippen molar-refractivity contribution in [2.75, 3.05) is 26.0 Å². The lowest BCUT2D eigenvalue weighted by Gasteiger charge is -2.22. The van der Waals surface area contributed by atoms with Crippen LogP contribution in [-0.4, -0.2) is 41.9 Å². The predicted molar refractivity (Wildman–Crippen MR) is 64.7 cm³/mol. The van der Waals surface area contributed by atoms with E-state index in [-0.39, 0.29) is 12.5 Å². The molecule has 17 heavy (non-hydrogen) atoms. The topological polar surface area (TPSA) is 100 Å². The van der Waals surface area contributed by atoms with Crippen LogP contribution in [0.15, 0.2) is 12.3 Å². The third kappa shape index (κ3) is 4.46. The van der Waals surface area contributed by atoms with Crippen LogP contribution in [0.25, 0.3) is 0 Å². The molecule has 1 aromatic heterocycles. The molecule has 0 spiro atoms. The fourth-order valence-electron chi connectivity index (χ4n) is 1.32. The molecule has 96 valence electrons. The van der Waals surface area contributed by atoms with E-state index in [1.165, 1.54) is 6.20 Å². The Balaban J connectivity index is 2.42. The van der Waals surface area contributed by atoms with E-state index < -0.39 is 5.60 Å². The number of nitrogen functional groups attached to an aromatic ring is 1. The number of H-pyrrole nitrogens is 1. The summed E-state index contributed by atoms with van der Waals surface area (Å²) < 4.78 is 4.88. The second kappa shape index (κ2) is 5.70. The summed E-state index contributed by atoms with van der Waals surface area (Å²) in [7, 11) is 1.57. The van der Waals surface area contributed by atoms with Crippen LogP contribution in [0.3, 0.4) is 0 Å². The molecular weight excluding hydrogens is 222 g/mol. The molecule has 0 saturated heterocycles. The maximum atomic E-state index is 11.6. The minimum atomic E-state index is -0.982. The second-order valence-corrected chi connectivity index (χ2v) is 4.27. The van der Waals surface area contributed by atoms with Crippen molar-refractivity contribution in [2.24, 2.45) is 0 Å². The van der Waals surface area contributed by atoms with Gasteiger partial charge in [0.15, 0.2) is 0 Å². The molecule has 0 aromatic carbocycles. The molecule has 0 aliphatic heterocycles. The number of carbonyl (C=O) groups is 1. The molecule has 1 atom stereocenters. The SMILES string of the molecule is COCCC(C)(O)CNC(=O)c1cc(N)c[nH]1. The molecule has 0 bridgehead atoms. The first-order chi connectivity index (χ1) is 7.94. The molecule has 6 heteroatoms. The van der Waals surface area contributed by atoms with Crippen molar-refractivity contribution < 1.29 is 14.6 Å². The highest BCUT2D eigenvalue weighted by Crippen LogP contribution is 2.09. The summed E-state index contributed by atoms with van der Waals surface area (Å²) in [6.45, 7) is 2.25. The fraction of sp³-hybridized carbons (Fsp3) is 0.545. The number of carbonyl (C=O) groups excluding carboxylic acids is 1. The molecule has 0 fully saturated rings. The summed E-state index contributed by atoms with van der Waals surface area (Å²) in [5.74, 6) is -0.292. The Morgan fingerprint density at radius 1 is 1.71 bits per heavy atom. The monoisotopic (exact) mass is 241 g/mol. The Morgan fingerprint density at radius 2 is 2.41 bits per heavy atom. The number of rotatable bonds is 6. The molecule has 0 aliphatic carbocycles. The van der Waals surface area contributed by atoms with Gasteiger partial charge in [0.05, 0.1) is 5.60 Å². The number of aromatic nitrogens is 1. The number of anilines is 1.